The van der Waals surface area contributed by atoms with Gasteiger partial charge in [-0.2, -0.15) is 0 Å². The van der Waals surface area contributed by atoms with Crippen LogP contribution in [0.15, 0.2) is 12.1 Å². The first-order valence-electron chi connectivity index (χ1n) is 7.82. The van der Waals surface area contributed by atoms with Crippen molar-refractivity contribution in [1.29, 1.82) is 0 Å². The second-order valence-corrected chi connectivity index (χ2v) is 7.43. The van der Waals surface area contributed by atoms with E-state index >= 15 is 0 Å². The standard InChI is InChI=1S/C18H30N2/c1-12-10-13(2)16(14(3)11-12)17-15(19)8-7-9-20(17)18(4,5)6/h10-11,15,17H,7-9,19H2,1-6H3. The van der Waals surface area contributed by atoms with E-state index in [4.69, 9.17) is 5.73 Å². The van der Waals surface area contributed by atoms with Crippen LogP contribution in [0, 0.1) is 20.8 Å². The molecule has 0 saturated carbocycles. The van der Waals surface area contributed by atoms with E-state index in [1.54, 1.807) is 0 Å². The summed E-state index contributed by atoms with van der Waals surface area (Å²) in [6.45, 7) is 14.7. The Morgan fingerprint density at radius 1 is 1.10 bits per heavy atom. The van der Waals surface area contributed by atoms with Gasteiger partial charge in [0.25, 0.3) is 0 Å². The number of hydrogen-bond donors (Lipinski definition) is 1. The Kier molecular flexibility index (Phi) is 4.27. The summed E-state index contributed by atoms with van der Waals surface area (Å²) in [6.07, 6.45) is 2.34. The highest BCUT2D eigenvalue weighted by Crippen LogP contribution is 2.38. The van der Waals surface area contributed by atoms with E-state index in [1.165, 1.54) is 28.7 Å². The summed E-state index contributed by atoms with van der Waals surface area (Å²) in [7, 11) is 0. The molecule has 1 aromatic rings. The topological polar surface area (TPSA) is 29.3 Å². The predicted octanol–water partition coefficient (Wildman–Crippen LogP) is 3.87. The zero-order chi connectivity index (χ0) is 15.1. The quantitative estimate of drug-likeness (QED) is 0.842. The minimum atomic E-state index is 0.159. The van der Waals surface area contributed by atoms with Crippen LogP contribution in [0.5, 0.6) is 0 Å². The van der Waals surface area contributed by atoms with Gasteiger partial charge in [-0.25, -0.2) is 0 Å². The summed E-state index contributed by atoms with van der Waals surface area (Å²) in [5.41, 5.74) is 12.3. The number of aryl methyl sites for hydroxylation is 3. The van der Waals surface area contributed by atoms with Gasteiger partial charge in [-0.05, 0) is 77.6 Å². The number of nitrogens with zero attached hydrogens (tertiary/aromatic N) is 1. The van der Waals surface area contributed by atoms with E-state index in [9.17, 15) is 0 Å². The molecular weight excluding hydrogens is 244 g/mol. The fourth-order valence-electron chi connectivity index (χ4n) is 3.81. The van der Waals surface area contributed by atoms with Crippen molar-refractivity contribution in [3.05, 3.63) is 34.4 Å². The van der Waals surface area contributed by atoms with Gasteiger partial charge < -0.3 is 5.73 Å². The Labute approximate surface area is 124 Å². The average molecular weight is 274 g/mol. The first kappa shape index (κ1) is 15.5. The molecule has 1 aromatic carbocycles. The largest absolute Gasteiger partial charge is 0.326 e. The number of rotatable bonds is 1. The molecule has 0 aliphatic carbocycles. The van der Waals surface area contributed by atoms with Gasteiger partial charge in [-0.3, -0.25) is 4.90 Å². The van der Waals surface area contributed by atoms with Crippen molar-refractivity contribution in [3.63, 3.8) is 0 Å². The Morgan fingerprint density at radius 2 is 1.65 bits per heavy atom. The van der Waals surface area contributed by atoms with Gasteiger partial charge in [0.05, 0.1) is 6.04 Å². The maximum Gasteiger partial charge on any atom is 0.0509 e. The number of likely N-dealkylation sites (tertiary alicyclic amines) is 1. The second kappa shape index (κ2) is 5.50. The summed E-state index contributed by atoms with van der Waals surface area (Å²) in [5.74, 6) is 0. The van der Waals surface area contributed by atoms with Crippen LogP contribution in [0.1, 0.15) is 61.9 Å². The van der Waals surface area contributed by atoms with Crippen LogP contribution >= 0.6 is 0 Å². The van der Waals surface area contributed by atoms with E-state index in [2.05, 4.69) is 58.6 Å². The minimum absolute atomic E-state index is 0.159. The van der Waals surface area contributed by atoms with Gasteiger partial charge in [0.15, 0.2) is 0 Å². The molecule has 0 spiro atoms. The Bertz CT molecular complexity index is 462. The Balaban J connectivity index is 2.51. The van der Waals surface area contributed by atoms with Gasteiger partial charge in [-0.15, -0.1) is 0 Å². The Hall–Kier alpha value is -0.860. The van der Waals surface area contributed by atoms with E-state index in [0.29, 0.717) is 6.04 Å². The smallest absolute Gasteiger partial charge is 0.0509 e. The van der Waals surface area contributed by atoms with Gasteiger partial charge in [-0.1, -0.05) is 17.7 Å². The molecule has 1 aliphatic rings. The predicted molar refractivity (Wildman–Crippen MR) is 87.1 cm³/mol. The van der Waals surface area contributed by atoms with Crippen molar-refractivity contribution < 1.29 is 0 Å². The Morgan fingerprint density at radius 3 is 2.15 bits per heavy atom. The van der Waals surface area contributed by atoms with Crippen molar-refractivity contribution in [2.24, 2.45) is 5.73 Å². The minimum Gasteiger partial charge on any atom is -0.326 e. The first-order valence-corrected chi connectivity index (χ1v) is 7.82. The van der Waals surface area contributed by atoms with Crippen molar-refractivity contribution >= 4 is 0 Å². The molecule has 2 unspecified atom stereocenters. The third kappa shape index (κ3) is 2.91. The highest BCUT2D eigenvalue weighted by molar-refractivity contribution is 5.41. The molecule has 0 aromatic heterocycles. The summed E-state index contributed by atoms with van der Waals surface area (Å²) >= 11 is 0. The molecule has 2 atom stereocenters. The van der Waals surface area contributed by atoms with Crippen LogP contribution in [-0.2, 0) is 0 Å². The number of piperidine rings is 1. The van der Waals surface area contributed by atoms with Gasteiger partial charge in [0, 0.05) is 11.6 Å². The van der Waals surface area contributed by atoms with Crippen molar-refractivity contribution in [1.82, 2.24) is 4.90 Å². The zero-order valence-corrected chi connectivity index (χ0v) is 14.0. The van der Waals surface area contributed by atoms with Crippen LogP contribution in [0.3, 0.4) is 0 Å². The number of nitrogens with two attached hydrogens (primary N) is 1. The third-order valence-electron chi connectivity index (χ3n) is 4.57. The van der Waals surface area contributed by atoms with E-state index < -0.39 is 0 Å². The van der Waals surface area contributed by atoms with E-state index in [1.807, 2.05) is 0 Å². The molecule has 1 fully saturated rings. The summed E-state index contributed by atoms with van der Waals surface area (Å²) in [5, 5.41) is 0. The molecule has 2 nitrogen and oxygen atoms in total. The van der Waals surface area contributed by atoms with E-state index in [-0.39, 0.29) is 11.6 Å². The molecule has 112 valence electrons. The summed E-state index contributed by atoms with van der Waals surface area (Å²) in [4.78, 5) is 2.60. The number of benzene rings is 1. The van der Waals surface area contributed by atoms with Gasteiger partial charge in [0.1, 0.15) is 0 Å². The lowest BCUT2D eigenvalue weighted by molar-refractivity contribution is 0.0378. The molecule has 0 radical (unpaired) electrons. The fraction of sp³-hybridized carbons (Fsp3) is 0.667. The lowest BCUT2D eigenvalue weighted by atomic mass is 9.83. The molecule has 2 rings (SSSR count). The van der Waals surface area contributed by atoms with Crippen LogP contribution in [0.2, 0.25) is 0 Å². The highest BCUT2D eigenvalue weighted by atomic mass is 15.2. The van der Waals surface area contributed by atoms with Crippen molar-refractivity contribution in [2.45, 2.75) is 72.0 Å². The van der Waals surface area contributed by atoms with Crippen LogP contribution in [0.25, 0.3) is 0 Å². The maximum absolute atomic E-state index is 6.53. The van der Waals surface area contributed by atoms with Crippen molar-refractivity contribution in [3.8, 4) is 0 Å². The molecule has 0 amide bonds. The highest BCUT2D eigenvalue weighted by Gasteiger charge is 2.37. The molecule has 2 heteroatoms. The first-order chi connectivity index (χ1) is 9.21. The molecule has 2 N–H and O–H groups in total. The fourth-order valence-corrected chi connectivity index (χ4v) is 3.81. The van der Waals surface area contributed by atoms with Crippen molar-refractivity contribution in [2.75, 3.05) is 6.54 Å². The average Bonchev–Trinajstić information content (AvgIpc) is 2.28. The molecule has 20 heavy (non-hydrogen) atoms. The third-order valence-corrected chi connectivity index (χ3v) is 4.57. The van der Waals surface area contributed by atoms with Crippen LogP contribution < -0.4 is 5.73 Å². The normalized spacial score (nSPS) is 24.9. The maximum atomic E-state index is 6.53. The lowest BCUT2D eigenvalue weighted by Gasteiger charge is -2.48. The zero-order valence-electron chi connectivity index (χ0n) is 14.0. The van der Waals surface area contributed by atoms with Gasteiger partial charge in [0.2, 0.25) is 0 Å². The van der Waals surface area contributed by atoms with Crippen LogP contribution in [0.4, 0.5) is 0 Å². The molecule has 1 saturated heterocycles. The lowest BCUT2D eigenvalue weighted by Crippen LogP contribution is -2.53. The summed E-state index contributed by atoms with van der Waals surface area (Å²) in [6, 6.07) is 5.18. The number of hydrogen-bond acceptors (Lipinski definition) is 2. The SMILES string of the molecule is Cc1cc(C)c(C2C(N)CCCN2C(C)(C)C)c(C)c1. The molecule has 1 aliphatic heterocycles. The van der Waals surface area contributed by atoms with Crippen LogP contribution in [-0.4, -0.2) is 23.0 Å². The molecular formula is C18H30N2. The molecule has 0 bridgehead atoms. The summed E-state index contributed by atoms with van der Waals surface area (Å²) < 4.78 is 0. The molecule has 1 heterocycles. The van der Waals surface area contributed by atoms with E-state index in [0.717, 1.165) is 13.0 Å². The monoisotopic (exact) mass is 274 g/mol. The van der Waals surface area contributed by atoms with Gasteiger partial charge >= 0.3 is 0 Å². The second-order valence-electron chi connectivity index (χ2n) is 7.43.